The van der Waals surface area contributed by atoms with Crippen molar-refractivity contribution in [3.63, 3.8) is 0 Å². The first kappa shape index (κ1) is 5.23. The molecule has 0 atom stereocenters. The Balaban J connectivity index is 2.23. The molecule has 0 aliphatic carbocycles. The summed E-state index contributed by atoms with van der Waals surface area (Å²) in [5.41, 5.74) is 1.28. The van der Waals surface area contributed by atoms with Gasteiger partial charge in [0.2, 0.25) is 0 Å². The largest absolute Gasteiger partial charge is 0.493 e. The van der Waals surface area contributed by atoms with E-state index in [2.05, 4.69) is 10.3 Å². The predicted molar refractivity (Wildman–Crippen MR) is 37.5 cm³/mol. The maximum atomic E-state index is 5.08. The van der Waals surface area contributed by atoms with Crippen molar-refractivity contribution in [2.75, 3.05) is 12.5 Å². The number of fused-ring (bicyclic) bond motifs is 1. The molecule has 9 heavy (non-hydrogen) atoms. The van der Waals surface area contributed by atoms with Crippen LogP contribution < -0.4 is 0 Å². The van der Waals surface area contributed by atoms with Crippen molar-refractivity contribution in [3.8, 4) is 0 Å². The second-order valence-electron chi connectivity index (χ2n) is 1.97. The molecule has 0 N–H and O–H groups in total. The van der Waals surface area contributed by atoms with Crippen molar-refractivity contribution in [1.82, 2.24) is 4.90 Å². The molecule has 0 aromatic heterocycles. The summed E-state index contributed by atoms with van der Waals surface area (Å²) in [7, 11) is 0. The van der Waals surface area contributed by atoms with Crippen LogP contribution in [0.3, 0.4) is 0 Å². The molecule has 2 aliphatic rings. The molecule has 2 heterocycles. The molecule has 48 valence electrons. The molecule has 0 aromatic rings. The van der Waals surface area contributed by atoms with Crippen LogP contribution in [0.2, 0.25) is 0 Å². The second kappa shape index (κ2) is 1.99. The Bertz CT molecular complexity index is 176. The highest BCUT2D eigenvalue weighted by Crippen LogP contribution is 2.25. The van der Waals surface area contributed by atoms with Gasteiger partial charge in [0.1, 0.15) is 6.61 Å². The van der Waals surface area contributed by atoms with E-state index in [1.54, 1.807) is 6.26 Å². The number of hydrogen-bond acceptors (Lipinski definition) is 3. The zero-order valence-electron chi connectivity index (χ0n) is 4.91. The van der Waals surface area contributed by atoms with Gasteiger partial charge in [-0.2, -0.15) is 0 Å². The van der Waals surface area contributed by atoms with Gasteiger partial charge in [-0.25, -0.2) is 0 Å². The summed E-state index contributed by atoms with van der Waals surface area (Å²) in [4.78, 5) is 2.19. The van der Waals surface area contributed by atoms with Gasteiger partial charge in [-0.15, -0.1) is 11.8 Å². The van der Waals surface area contributed by atoms with Crippen LogP contribution in [0.4, 0.5) is 0 Å². The maximum absolute atomic E-state index is 5.08. The van der Waals surface area contributed by atoms with Gasteiger partial charge in [0.05, 0.1) is 17.8 Å². The fraction of sp³-hybridized carbons (Fsp3) is 0.333. The van der Waals surface area contributed by atoms with Gasteiger partial charge in [-0.05, 0) is 5.41 Å². The fourth-order valence-electron chi connectivity index (χ4n) is 0.870. The topological polar surface area (TPSA) is 12.5 Å². The van der Waals surface area contributed by atoms with E-state index in [9.17, 15) is 0 Å². The van der Waals surface area contributed by atoms with Crippen LogP contribution in [-0.2, 0) is 4.74 Å². The van der Waals surface area contributed by atoms with Gasteiger partial charge in [-0.3, -0.25) is 0 Å². The summed E-state index contributed by atoms with van der Waals surface area (Å²) in [5.74, 6) is 1.05. The van der Waals surface area contributed by atoms with Crippen LogP contribution >= 0.6 is 11.8 Å². The number of ether oxygens (including phenoxy) is 1. The SMILES string of the molecule is C1=CN2CSC=C2CO1. The van der Waals surface area contributed by atoms with Gasteiger partial charge < -0.3 is 9.64 Å². The first-order chi connectivity index (χ1) is 4.47. The Morgan fingerprint density at radius 2 is 2.67 bits per heavy atom. The molecule has 0 spiro atoms. The Kier molecular flexibility index (Phi) is 1.16. The first-order valence-corrected chi connectivity index (χ1v) is 3.87. The van der Waals surface area contributed by atoms with E-state index < -0.39 is 0 Å². The molecular weight excluding hydrogens is 134 g/mol. The van der Waals surface area contributed by atoms with Gasteiger partial charge >= 0.3 is 0 Å². The molecule has 0 radical (unpaired) electrons. The van der Waals surface area contributed by atoms with E-state index in [1.165, 1.54) is 5.70 Å². The fourth-order valence-corrected chi connectivity index (χ4v) is 1.75. The Morgan fingerprint density at radius 3 is 3.56 bits per heavy atom. The van der Waals surface area contributed by atoms with Crippen molar-refractivity contribution in [1.29, 1.82) is 0 Å². The van der Waals surface area contributed by atoms with E-state index in [0.29, 0.717) is 0 Å². The zero-order chi connectivity index (χ0) is 6.10. The highest BCUT2D eigenvalue weighted by atomic mass is 32.2. The lowest BCUT2D eigenvalue weighted by atomic mass is 10.4. The molecule has 3 heteroatoms. The number of thioether (sulfide) groups is 1. The smallest absolute Gasteiger partial charge is 0.128 e. The molecule has 2 rings (SSSR count). The van der Waals surface area contributed by atoms with Crippen molar-refractivity contribution < 1.29 is 4.74 Å². The third-order valence-corrected chi connectivity index (χ3v) is 2.24. The van der Waals surface area contributed by atoms with Crippen LogP contribution in [0.15, 0.2) is 23.6 Å². The van der Waals surface area contributed by atoms with E-state index >= 15 is 0 Å². The molecule has 2 nitrogen and oxygen atoms in total. The molecule has 0 bridgehead atoms. The van der Waals surface area contributed by atoms with Crippen LogP contribution in [0.25, 0.3) is 0 Å². The van der Waals surface area contributed by atoms with Crippen molar-refractivity contribution in [2.24, 2.45) is 0 Å². The number of hydrogen-bond donors (Lipinski definition) is 0. The highest BCUT2D eigenvalue weighted by molar-refractivity contribution is 8.02. The molecule has 0 amide bonds. The lowest BCUT2D eigenvalue weighted by molar-refractivity contribution is 0.227. The Labute approximate surface area is 58.2 Å². The average molecular weight is 141 g/mol. The van der Waals surface area contributed by atoms with E-state index in [-0.39, 0.29) is 0 Å². The van der Waals surface area contributed by atoms with Gasteiger partial charge in [0, 0.05) is 6.20 Å². The first-order valence-electron chi connectivity index (χ1n) is 2.82. The third kappa shape index (κ3) is 0.812. The quantitative estimate of drug-likeness (QED) is 0.505. The normalized spacial score (nSPS) is 23.1. The molecule has 0 unspecified atom stereocenters. The molecule has 0 saturated heterocycles. The summed E-state index contributed by atoms with van der Waals surface area (Å²) in [6.45, 7) is 0.740. The van der Waals surface area contributed by atoms with Crippen LogP contribution in [0.5, 0.6) is 0 Å². The summed E-state index contributed by atoms with van der Waals surface area (Å²) in [6, 6.07) is 0. The number of rotatable bonds is 0. The Morgan fingerprint density at radius 1 is 1.67 bits per heavy atom. The summed E-state index contributed by atoms with van der Waals surface area (Å²) in [5, 5.41) is 2.14. The van der Waals surface area contributed by atoms with Crippen LogP contribution in [0.1, 0.15) is 0 Å². The molecule has 0 fully saturated rings. The standard InChI is InChI=1S/C6H7NOS/c1-2-8-3-6-4-9-5-7(1)6/h1-2,4H,3,5H2. The highest BCUT2D eigenvalue weighted by Gasteiger charge is 2.15. The summed E-state index contributed by atoms with van der Waals surface area (Å²) >= 11 is 1.81. The van der Waals surface area contributed by atoms with E-state index in [1.807, 2.05) is 18.0 Å². The Hall–Kier alpha value is -0.570. The maximum Gasteiger partial charge on any atom is 0.128 e. The zero-order valence-corrected chi connectivity index (χ0v) is 5.73. The third-order valence-electron chi connectivity index (χ3n) is 1.37. The molecule has 2 aliphatic heterocycles. The van der Waals surface area contributed by atoms with E-state index in [0.717, 1.165) is 12.5 Å². The van der Waals surface area contributed by atoms with Gasteiger partial charge in [0.25, 0.3) is 0 Å². The van der Waals surface area contributed by atoms with Gasteiger partial charge in [-0.1, -0.05) is 0 Å². The lowest BCUT2D eigenvalue weighted by Crippen LogP contribution is -2.18. The van der Waals surface area contributed by atoms with Crippen LogP contribution in [-0.4, -0.2) is 17.4 Å². The van der Waals surface area contributed by atoms with Crippen molar-refractivity contribution >= 4 is 11.8 Å². The molecule has 0 aromatic carbocycles. The van der Waals surface area contributed by atoms with Gasteiger partial charge in [0.15, 0.2) is 0 Å². The van der Waals surface area contributed by atoms with Crippen molar-refractivity contribution in [3.05, 3.63) is 23.6 Å². The summed E-state index contributed by atoms with van der Waals surface area (Å²) in [6.07, 6.45) is 3.71. The summed E-state index contributed by atoms with van der Waals surface area (Å²) < 4.78 is 5.08. The second-order valence-corrected chi connectivity index (χ2v) is 2.80. The van der Waals surface area contributed by atoms with Crippen molar-refractivity contribution in [2.45, 2.75) is 0 Å². The molecule has 0 saturated carbocycles. The average Bonchev–Trinajstić information content (AvgIpc) is 2.33. The predicted octanol–water partition coefficient (Wildman–Crippen LogP) is 1.34. The minimum Gasteiger partial charge on any atom is -0.493 e. The van der Waals surface area contributed by atoms with E-state index in [4.69, 9.17) is 4.74 Å². The number of nitrogens with zero attached hydrogens (tertiary/aromatic N) is 1. The van der Waals surface area contributed by atoms with Crippen LogP contribution in [0, 0.1) is 0 Å². The minimum absolute atomic E-state index is 0.740. The minimum atomic E-state index is 0.740. The molecular formula is C6H7NOS. The monoisotopic (exact) mass is 141 g/mol. The lowest BCUT2D eigenvalue weighted by Gasteiger charge is -2.19.